The van der Waals surface area contributed by atoms with Crippen molar-refractivity contribution in [2.24, 2.45) is 0 Å². The molecular weight excluding hydrogens is 503 g/mol. The quantitative estimate of drug-likeness (QED) is 0.378. The Balaban J connectivity index is 1.36. The Labute approximate surface area is 216 Å². The minimum atomic E-state index is -3.68. The third-order valence-electron chi connectivity index (χ3n) is 6.12. The van der Waals surface area contributed by atoms with E-state index in [2.05, 4.69) is 37.4 Å². The predicted octanol–water partition coefficient (Wildman–Crippen LogP) is 4.03. The van der Waals surface area contributed by atoms with E-state index in [1.54, 1.807) is 6.07 Å². The van der Waals surface area contributed by atoms with Crippen LogP contribution in [0.4, 0.5) is 15.9 Å². The van der Waals surface area contributed by atoms with Gasteiger partial charge in [0.15, 0.2) is 0 Å². The maximum atomic E-state index is 13.5. The highest BCUT2D eigenvalue weighted by atomic mass is 35.5. The number of benzene rings is 2. The molecule has 0 aliphatic carbocycles. The summed E-state index contributed by atoms with van der Waals surface area (Å²) in [7, 11) is -1.53. The lowest BCUT2D eigenvalue weighted by Gasteiger charge is -2.32. The van der Waals surface area contributed by atoms with Crippen molar-refractivity contribution in [3.8, 4) is 0 Å². The van der Waals surface area contributed by atoms with Crippen LogP contribution in [-0.2, 0) is 9.84 Å². The summed E-state index contributed by atoms with van der Waals surface area (Å²) < 4.78 is 39.3. The van der Waals surface area contributed by atoms with Crippen LogP contribution in [0.2, 0.25) is 5.02 Å². The lowest BCUT2D eigenvalue weighted by atomic mass is 10.2. The molecule has 2 aromatic carbocycles. The minimum Gasteiger partial charge on any atom is -0.390 e. The van der Waals surface area contributed by atoms with Crippen LogP contribution in [-0.4, -0.2) is 74.5 Å². The molecule has 1 aliphatic rings. The first-order valence-corrected chi connectivity index (χ1v) is 13.8. The zero-order valence-electron chi connectivity index (χ0n) is 20.1. The van der Waals surface area contributed by atoms with E-state index < -0.39 is 15.7 Å². The van der Waals surface area contributed by atoms with Crippen molar-refractivity contribution in [2.45, 2.75) is 17.7 Å². The molecule has 2 N–H and O–H groups in total. The van der Waals surface area contributed by atoms with Crippen molar-refractivity contribution < 1.29 is 12.8 Å². The van der Waals surface area contributed by atoms with Crippen molar-refractivity contribution >= 4 is 43.8 Å². The van der Waals surface area contributed by atoms with Crippen LogP contribution >= 0.6 is 11.6 Å². The number of nitrogens with zero attached hydrogens (tertiary/aromatic N) is 4. The Morgan fingerprint density at radius 2 is 1.89 bits per heavy atom. The molecular formula is C25H30ClFN6O2S. The van der Waals surface area contributed by atoms with Crippen LogP contribution in [0, 0.1) is 5.82 Å². The molecule has 0 atom stereocenters. The van der Waals surface area contributed by atoms with Gasteiger partial charge in [0, 0.05) is 50.0 Å². The number of likely N-dealkylation sites (N-methyl/N-ethyl adjacent to an activating group) is 1. The Bertz CT molecular complexity index is 1330. The summed E-state index contributed by atoms with van der Waals surface area (Å²) in [4.78, 5) is 13.4. The van der Waals surface area contributed by atoms with Crippen LogP contribution in [0.25, 0.3) is 10.9 Å². The average Bonchev–Trinajstić information content (AvgIpc) is 2.86. The molecule has 192 valence electrons. The Morgan fingerprint density at radius 3 is 2.67 bits per heavy atom. The number of aromatic nitrogens is 2. The van der Waals surface area contributed by atoms with E-state index >= 15 is 0 Å². The van der Waals surface area contributed by atoms with E-state index in [9.17, 15) is 12.8 Å². The van der Waals surface area contributed by atoms with Gasteiger partial charge in [0.1, 0.15) is 18.0 Å². The number of nitrogens with one attached hydrogen (secondary N) is 2. The molecule has 0 radical (unpaired) electrons. The number of anilines is 2. The van der Waals surface area contributed by atoms with Gasteiger partial charge >= 0.3 is 0 Å². The molecule has 3 aromatic rings. The SMILES string of the molecule is CN1CCN(CCCCNC=CS(=O)(=O)c2ccc3ncnc(Nc4ccc(F)c(Cl)c4)c3c2)CC1. The number of hydrogen-bond acceptors (Lipinski definition) is 8. The number of piperazine rings is 1. The lowest BCUT2D eigenvalue weighted by Crippen LogP contribution is -2.44. The van der Waals surface area contributed by atoms with Crippen LogP contribution in [0.5, 0.6) is 0 Å². The van der Waals surface area contributed by atoms with Gasteiger partial charge in [-0.05, 0) is 62.8 Å². The molecule has 1 fully saturated rings. The van der Waals surface area contributed by atoms with E-state index in [0.29, 0.717) is 29.0 Å². The standard InChI is InChI=1S/C25H30ClFN6O2S/c1-32-11-13-33(14-12-32)10-3-2-8-28-9-15-36(34,35)20-5-7-24-21(17-20)25(30-18-29-24)31-19-4-6-23(27)22(26)16-19/h4-7,9,15-18,28H,2-3,8,10-14H2,1H3,(H,29,30,31). The van der Waals surface area contributed by atoms with Gasteiger partial charge < -0.3 is 20.4 Å². The summed E-state index contributed by atoms with van der Waals surface area (Å²) in [6.07, 6.45) is 4.89. The number of rotatable bonds is 10. The van der Waals surface area contributed by atoms with Crippen LogP contribution in [0.3, 0.4) is 0 Å². The number of fused-ring (bicyclic) bond motifs is 1. The maximum Gasteiger partial charge on any atom is 0.201 e. The Hall–Kier alpha value is -2.79. The topological polar surface area (TPSA) is 90.5 Å². The summed E-state index contributed by atoms with van der Waals surface area (Å²) in [6.45, 7) is 6.20. The fraction of sp³-hybridized carbons (Fsp3) is 0.360. The zero-order chi connectivity index (χ0) is 25.5. The molecule has 2 heterocycles. The second-order valence-electron chi connectivity index (χ2n) is 8.81. The highest BCUT2D eigenvalue weighted by molar-refractivity contribution is 7.94. The van der Waals surface area contributed by atoms with Gasteiger partial charge in [-0.15, -0.1) is 0 Å². The van der Waals surface area contributed by atoms with Crippen molar-refractivity contribution in [1.29, 1.82) is 0 Å². The summed E-state index contributed by atoms with van der Waals surface area (Å²) in [5, 5.41) is 7.80. The molecule has 0 unspecified atom stereocenters. The summed E-state index contributed by atoms with van der Waals surface area (Å²) >= 11 is 5.87. The van der Waals surface area contributed by atoms with Gasteiger partial charge in [0.2, 0.25) is 9.84 Å². The molecule has 0 spiro atoms. The normalized spacial score (nSPS) is 15.5. The zero-order valence-corrected chi connectivity index (χ0v) is 21.7. The molecule has 1 saturated heterocycles. The first kappa shape index (κ1) is 26.3. The smallest absolute Gasteiger partial charge is 0.201 e. The second kappa shape index (κ2) is 12.0. The fourth-order valence-electron chi connectivity index (χ4n) is 3.96. The molecule has 36 heavy (non-hydrogen) atoms. The molecule has 1 aromatic heterocycles. The van der Waals surface area contributed by atoms with Gasteiger partial charge in [-0.1, -0.05) is 11.6 Å². The molecule has 0 bridgehead atoms. The first-order chi connectivity index (χ1) is 17.3. The summed E-state index contributed by atoms with van der Waals surface area (Å²) in [5.41, 5.74) is 1.09. The number of halogens is 2. The fourth-order valence-corrected chi connectivity index (χ4v) is 5.11. The van der Waals surface area contributed by atoms with E-state index in [0.717, 1.165) is 45.6 Å². The Morgan fingerprint density at radius 1 is 1.08 bits per heavy atom. The Kier molecular flexibility index (Phi) is 8.73. The molecule has 1 aliphatic heterocycles. The van der Waals surface area contributed by atoms with Crippen LogP contribution in [0.1, 0.15) is 12.8 Å². The number of unbranched alkanes of at least 4 members (excludes halogenated alkanes) is 1. The highest BCUT2D eigenvalue weighted by Gasteiger charge is 2.15. The predicted molar refractivity (Wildman–Crippen MR) is 142 cm³/mol. The molecule has 0 amide bonds. The van der Waals surface area contributed by atoms with Gasteiger partial charge in [0.25, 0.3) is 0 Å². The van der Waals surface area contributed by atoms with Crippen molar-refractivity contribution in [3.05, 3.63) is 65.2 Å². The number of sulfone groups is 1. The second-order valence-corrected chi connectivity index (χ2v) is 11.0. The molecule has 11 heteroatoms. The molecule has 8 nitrogen and oxygen atoms in total. The third kappa shape index (κ3) is 6.91. The average molecular weight is 533 g/mol. The van der Waals surface area contributed by atoms with Gasteiger partial charge in [-0.2, -0.15) is 0 Å². The maximum absolute atomic E-state index is 13.5. The minimum absolute atomic E-state index is 0.0291. The van der Waals surface area contributed by atoms with Gasteiger partial charge in [-0.25, -0.2) is 22.8 Å². The first-order valence-electron chi connectivity index (χ1n) is 11.8. The monoisotopic (exact) mass is 532 g/mol. The van der Waals surface area contributed by atoms with Crippen LogP contribution in [0.15, 0.2) is 59.2 Å². The molecule has 4 rings (SSSR count). The van der Waals surface area contributed by atoms with E-state index in [4.69, 9.17) is 11.6 Å². The van der Waals surface area contributed by atoms with Crippen molar-refractivity contribution in [3.63, 3.8) is 0 Å². The third-order valence-corrected chi connectivity index (χ3v) is 7.82. The van der Waals surface area contributed by atoms with Crippen molar-refractivity contribution in [1.82, 2.24) is 25.1 Å². The highest BCUT2D eigenvalue weighted by Crippen LogP contribution is 2.28. The van der Waals surface area contributed by atoms with E-state index in [-0.39, 0.29) is 9.92 Å². The summed E-state index contributed by atoms with van der Waals surface area (Å²) in [5.74, 6) is -0.138. The lowest BCUT2D eigenvalue weighted by molar-refractivity contribution is 0.152. The van der Waals surface area contributed by atoms with E-state index in [1.165, 1.54) is 48.3 Å². The summed E-state index contributed by atoms with van der Waals surface area (Å²) in [6, 6.07) is 8.88. The molecule has 0 saturated carbocycles. The van der Waals surface area contributed by atoms with E-state index in [1.807, 2.05) is 0 Å². The van der Waals surface area contributed by atoms with Gasteiger partial charge in [0.05, 0.1) is 20.8 Å². The van der Waals surface area contributed by atoms with Gasteiger partial charge in [-0.3, -0.25) is 0 Å². The van der Waals surface area contributed by atoms with Crippen molar-refractivity contribution in [2.75, 3.05) is 51.6 Å². The number of hydrogen-bond donors (Lipinski definition) is 2. The largest absolute Gasteiger partial charge is 0.390 e. The van der Waals surface area contributed by atoms with Crippen LogP contribution < -0.4 is 10.6 Å².